The highest BCUT2D eigenvalue weighted by Gasteiger charge is 2.39. The first-order valence-corrected chi connectivity index (χ1v) is 9.25. The van der Waals surface area contributed by atoms with Gasteiger partial charge in [-0.25, -0.2) is 4.79 Å². The van der Waals surface area contributed by atoms with Crippen molar-refractivity contribution in [1.82, 2.24) is 9.55 Å². The fraction of sp³-hybridized carbons (Fsp3) is 0.350. The van der Waals surface area contributed by atoms with E-state index < -0.39 is 42.0 Å². The molecule has 1 N–H and O–H groups in total. The average Bonchev–Trinajstić information content (AvgIpc) is 3.08. The maximum Gasteiger partial charge on any atom is 0.351 e. The molecule has 1 aromatic heterocycles. The predicted octanol–water partition coefficient (Wildman–Crippen LogP) is 1.28. The summed E-state index contributed by atoms with van der Waals surface area (Å²) in [6.45, 7) is 2.40. The van der Waals surface area contributed by atoms with E-state index in [2.05, 4.69) is 10.3 Å². The first-order valence-electron chi connectivity index (χ1n) is 9.25. The van der Waals surface area contributed by atoms with E-state index in [9.17, 15) is 19.2 Å². The molecule has 0 unspecified atom stereocenters. The van der Waals surface area contributed by atoms with Crippen molar-refractivity contribution in [2.24, 2.45) is 0 Å². The first kappa shape index (κ1) is 21.2. The normalized spacial score (nSPS) is 20.4. The highest BCUT2D eigenvalue weighted by atomic mass is 16.6. The van der Waals surface area contributed by atoms with Gasteiger partial charge in [-0.05, 0) is 18.2 Å². The summed E-state index contributed by atoms with van der Waals surface area (Å²) in [7, 11) is 0. The van der Waals surface area contributed by atoms with Gasteiger partial charge >= 0.3 is 17.6 Å². The number of hydrogen-bond acceptors (Lipinski definition) is 8. The van der Waals surface area contributed by atoms with Crippen molar-refractivity contribution in [2.75, 3.05) is 11.9 Å². The molecule has 10 nitrogen and oxygen atoms in total. The summed E-state index contributed by atoms with van der Waals surface area (Å²) in [6.07, 6.45) is -0.556. The van der Waals surface area contributed by atoms with E-state index in [1.54, 1.807) is 30.3 Å². The van der Waals surface area contributed by atoms with Crippen molar-refractivity contribution in [1.29, 1.82) is 0 Å². The molecular weight excluding hydrogens is 394 g/mol. The maximum atomic E-state index is 12.5. The van der Waals surface area contributed by atoms with Crippen LogP contribution in [-0.4, -0.2) is 46.2 Å². The van der Waals surface area contributed by atoms with Gasteiger partial charge < -0.3 is 19.5 Å². The van der Waals surface area contributed by atoms with Crippen molar-refractivity contribution in [3.8, 4) is 0 Å². The van der Waals surface area contributed by atoms with Crippen LogP contribution in [0.5, 0.6) is 0 Å². The molecule has 1 saturated heterocycles. The number of nitrogens with zero attached hydrogens (tertiary/aromatic N) is 2. The third-order valence-corrected chi connectivity index (χ3v) is 4.37. The lowest BCUT2D eigenvalue weighted by Gasteiger charge is -2.17. The zero-order chi connectivity index (χ0) is 21.7. The Labute approximate surface area is 171 Å². The van der Waals surface area contributed by atoms with Crippen LogP contribution in [0.4, 0.5) is 5.82 Å². The minimum atomic E-state index is -0.770. The van der Waals surface area contributed by atoms with Crippen LogP contribution >= 0.6 is 0 Å². The molecule has 0 radical (unpaired) electrons. The number of anilines is 1. The van der Waals surface area contributed by atoms with Crippen LogP contribution in [0.3, 0.4) is 0 Å². The molecule has 0 aliphatic carbocycles. The Kier molecular flexibility index (Phi) is 6.58. The Morgan fingerprint density at radius 1 is 1.17 bits per heavy atom. The third-order valence-electron chi connectivity index (χ3n) is 4.37. The van der Waals surface area contributed by atoms with Gasteiger partial charge in [-0.2, -0.15) is 4.98 Å². The lowest BCUT2D eigenvalue weighted by molar-refractivity contribution is -0.155. The molecule has 2 heterocycles. The van der Waals surface area contributed by atoms with Crippen LogP contribution in [0.1, 0.15) is 36.9 Å². The van der Waals surface area contributed by atoms with Crippen LogP contribution in [-0.2, 0) is 23.8 Å². The quantitative estimate of drug-likeness (QED) is 0.699. The number of amides is 1. The second kappa shape index (κ2) is 9.31. The molecule has 1 aliphatic heterocycles. The summed E-state index contributed by atoms with van der Waals surface area (Å²) in [5, 5.41) is 2.56. The number of ether oxygens (including phenoxy) is 3. The van der Waals surface area contributed by atoms with Gasteiger partial charge in [0, 0.05) is 32.0 Å². The maximum absolute atomic E-state index is 12.5. The standard InChI is InChI=1S/C20H21N3O7/c1-12(24)28-11-16-15(29-13(2)25)10-18(30-16)23-9-8-17(22-20(23)27)21-19(26)14-6-4-3-5-7-14/h3-9,15-16,18H,10-11H2,1-2H3,(H,21,22,26,27)/t15-,16-,18-/m1/s1. The van der Waals surface area contributed by atoms with E-state index in [0.29, 0.717) is 5.56 Å². The van der Waals surface area contributed by atoms with Gasteiger partial charge in [0.05, 0.1) is 0 Å². The van der Waals surface area contributed by atoms with Gasteiger partial charge in [-0.15, -0.1) is 0 Å². The minimum Gasteiger partial charge on any atom is -0.463 e. The van der Waals surface area contributed by atoms with Crippen molar-refractivity contribution in [3.05, 3.63) is 58.6 Å². The molecule has 1 aromatic carbocycles. The molecule has 2 aromatic rings. The topological polar surface area (TPSA) is 126 Å². The Hall–Kier alpha value is -3.53. The van der Waals surface area contributed by atoms with Gasteiger partial charge in [0.25, 0.3) is 5.91 Å². The zero-order valence-corrected chi connectivity index (χ0v) is 16.4. The summed E-state index contributed by atoms with van der Waals surface area (Å²) in [5.41, 5.74) is -0.222. The summed E-state index contributed by atoms with van der Waals surface area (Å²) in [6, 6.07) is 9.98. The highest BCUT2D eigenvalue weighted by molar-refractivity contribution is 6.03. The van der Waals surface area contributed by atoms with Crippen molar-refractivity contribution >= 4 is 23.7 Å². The number of rotatable bonds is 6. The van der Waals surface area contributed by atoms with Gasteiger partial charge in [0.1, 0.15) is 30.9 Å². The van der Waals surface area contributed by atoms with E-state index in [4.69, 9.17) is 14.2 Å². The van der Waals surface area contributed by atoms with Crippen LogP contribution < -0.4 is 11.0 Å². The third kappa shape index (κ3) is 5.29. The smallest absolute Gasteiger partial charge is 0.351 e. The largest absolute Gasteiger partial charge is 0.463 e. The van der Waals surface area contributed by atoms with Gasteiger partial charge in [0.2, 0.25) is 0 Å². The number of carbonyl (C=O) groups is 3. The molecule has 3 atom stereocenters. The molecule has 1 fully saturated rings. The van der Waals surface area contributed by atoms with Gasteiger partial charge in [0.15, 0.2) is 0 Å². The number of benzene rings is 1. The van der Waals surface area contributed by atoms with Crippen LogP contribution in [0.15, 0.2) is 47.4 Å². The molecular formula is C20H21N3O7. The number of aromatic nitrogens is 2. The molecule has 0 bridgehead atoms. The van der Waals surface area contributed by atoms with E-state index in [-0.39, 0.29) is 18.8 Å². The van der Waals surface area contributed by atoms with E-state index in [0.717, 1.165) is 0 Å². The van der Waals surface area contributed by atoms with Gasteiger partial charge in [-0.1, -0.05) is 18.2 Å². The lowest BCUT2D eigenvalue weighted by Crippen LogP contribution is -2.31. The predicted molar refractivity (Wildman–Crippen MR) is 104 cm³/mol. The Morgan fingerprint density at radius 2 is 1.90 bits per heavy atom. The van der Waals surface area contributed by atoms with E-state index in [1.165, 1.54) is 30.7 Å². The van der Waals surface area contributed by atoms with Crippen molar-refractivity contribution in [2.45, 2.75) is 38.7 Å². The van der Waals surface area contributed by atoms with Gasteiger partial charge in [-0.3, -0.25) is 19.0 Å². The molecule has 0 spiro atoms. The number of hydrogen-bond donors (Lipinski definition) is 1. The Bertz CT molecular complexity index is 989. The number of esters is 2. The summed E-state index contributed by atoms with van der Waals surface area (Å²) in [4.78, 5) is 51.0. The van der Waals surface area contributed by atoms with Crippen molar-refractivity contribution < 1.29 is 28.6 Å². The second-order valence-corrected chi connectivity index (χ2v) is 6.64. The monoisotopic (exact) mass is 415 g/mol. The fourth-order valence-corrected chi connectivity index (χ4v) is 3.04. The highest BCUT2D eigenvalue weighted by Crippen LogP contribution is 2.30. The van der Waals surface area contributed by atoms with Crippen LogP contribution in [0.25, 0.3) is 0 Å². The van der Waals surface area contributed by atoms with E-state index >= 15 is 0 Å². The second-order valence-electron chi connectivity index (χ2n) is 6.64. The molecule has 30 heavy (non-hydrogen) atoms. The fourth-order valence-electron chi connectivity index (χ4n) is 3.04. The minimum absolute atomic E-state index is 0.0936. The molecule has 3 rings (SSSR count). The first-order chi connectivity index (χ1) is 14.3. The summed E-state index contributed by atoms with van der Waals surface area (Å²) in [5.74, 6) is -1.31. The summed E-state index contributed by atoms with van der Waals surface area (Å²) < 4.78 is 17.2. The molecule has 1 aliphatic rings. The zero-order valence-electron chi connectivity index (χ0n) is 16.4. The van der Waals surface area contributed by atoms with Crippen LogP contribution in [0.2, 0.25) is 0 Å². The Balaban J connectivity index is 1.72. The molecule has 1 amide bonds. The Morgan fingerprint density at radius 3 is 2.53 bits per heavy atom. The number of carbonyl (C=O) groups excluding carboxylic acids is 3. The van der Waals surface area contributed by atoms with E-state index in [1.807, 2.05) is 0 Å². The SMILES string of the molecule is CC(=O)OC[C@H]1O[C@@H](n2ccc(NC(=O)c3ccccc3)nc2=O)C[C@H]1OC(C)=O. The molecule has 158 valence electrons. The molecule has 10 heteroatoms. The van der Waals surface area contributed by atoms with Crippen molar-refractivity contribution in [3.63, 3.8) is 0 Å². The lowest BCUT2D eigenvalue weighted by atomic mass is 10.2. The molecule has 0 saturated carbocycles. The number of nitrogens with one attached hydrogen (secondary N) is 1. The summed E-state index contributed by atoms with van der Waals surface area (Å²) >= 11 is 0. The van der Waals surface area contributed by atoms with Crippen LogP contribution in [0, 0.1) is 0 Å². The average molecular weight is 415 g/mol.